The second-order valence-electron chi connectivity index (χ2n) is 4.06. The molecule has 0 saturated heterocycles. The Kier molecular flexibility index (Phi) is 4.36. The van der Waals surface area contributed by atoms with E-state index in [1.54, 1.807) is 0 Å². The number of benzene rings is 1. The Morgan fingerprint density at radius 2 is 1.71 bits per heavy atom. The van der Waals surface area contributed by atoms with Crippen LogP contribution in [0.2, 0.25) is 19.6 Å². The van der Waals surface area contributed by atoms with Crippen LogP contribution in [0.3, 0.4) is 0 Å². The van der Waals surface area contributed by atoms with Crippen molar-refractivity contribution in [3.05, 3.63) is 30.3 Å². The Balaban J connectivity index is 2.93. The molecule has 5 heteroatoms. The first-order valence-electron chi connectivity index (χ1n) is 4.40. The SMILES string of the molecule is C[Si](C)(C)SP(=S)(S)c1ccccc1. The van der Waals surface area contributed by atoms with Gasteiger partial charge in [0.1, 0.15) is 7.22 Å². The van der Waals surface area contributed by atoms with E-state index in [9.17, 15) is 0 Å². The van der Waals surface area contributed by atoms with E-state index in [2.05, 4.69) is 31.8 Å². The summed E-state index contributed by atoms with van der Waals surface area (Å²) < 4.78 is -1.66. The van der Waals surface area contributed by atoms with Gasteiger partial charge in [-0.25, -0.2) is 0 Å². The van der Waals surface area contributed by atoms with Gasteiger partial charge < -0.3 is 0 Å². The van der Waals surface area contributed by atoms with Gasteiger partial charge in [0.05, 0.1) is 4.44 Å². The van der Waals surface area contributed by atoms with Crippen molar-refractivity contribution in [2.24, 2.45) is 0 Å². The zero-order valence-corrected chi connectivity index (χ0v) is 13.0. The minimum atomic E-state index is -1.66. The monoisotopic (exact) mass is 278 g/mol. The van der Waals surface area contributed by atoms with E-state index >= 15 is 0 Å². The number of hydrogen-bond donors (Lipinski definition) is 1. The molecule has 1 rings (SSSR count). The summed E-state index contributed by atoms with van der Waals surface area (Å²) in [6.45, 7) is 6.95. The van der Waals surface area contributed by atoms with Crippen LogP contribution in [0.5, 0.6) is 0 Å². The molecule has 0 aliphatic heterocycles. The number of thiol groups is 1. The molecule has 0 spiro atoms. The van der Waals surface area contributed by atoms with Crippen molar-refractivity contribution >= 4 is 51.9 Å². The van der Waals surface area contributed by atoms with E-state index in [-0.39, 0.29) is 0 Å². The summed E-state index contributed by atoms with van der Waals surface area (Å²) in [5, 5.41) is 1.23. The fourth-order valence-electron chi connectivity index (χ4n) is 1.04. The molecule has 0 heterocycles. The Bertz CT molecular complexity index is 345. The van der Waals surface area contributed by atoms with Crippen LogP contribution >= 0.6 is 27.5 Å². The average molecular weight is 278 g/mol. The fraction of sp³-hybridized carbons (Fsp3) is 0.333. The second-order valence-corrected chi connectivity index (χ2v) is 23.3. The molecule has 0 aliphatic rings. The first kappa shape index (κ1) is 12.9. The van der Waals surface area contributed by atoms with E-state index in [4.69, 9.17) is 24.1 Å². The molecule has 0 saturated carbocycles. The van der Waals surface area contributed by atoms with Gasteiger partial charge in [0.2, 0.25) is 0 Å². The van der Waals surface area contributed by atoms with Gasteiger partial charge in [-0.1, -0.05) is 61.8 Å². The van der Waals surface area contributed by atoms with Crippen LogP contribution in [0.15, 0.2) is 30.3 Å². The summed E-state index contributed by atoms with van der Waals surface area (Å²) in [5.41, 5.74) is 0. The smallest absolute Gasteiger partial charge is 0.116 e. The van der Waals surface area contributed by atoms with Crippen molar-refractivity contribution in [1.82, 2.24) is 0 Å². The molecule has 0 nitrogen and oxygen atoms in total. The van der Waals surface area contributed by atoms with Crippen LogP contribution in [0, 0.1) is 0 Å². The zero-order chi connectivity index (χ0) is 10.8. The van der Waals surface area contributed by atoms with Crippen LogP contribution in [-0.2, 0) is 11.8 Å². The molecule has 1 unspecified atom stereocenters. The maximum Gasteiger partial charge on any atom is 0.116 e. The topological polar surface area (TPSA) is 0 Å². The summed E-state index contributed by atoms with van der Waals surface area (Å²) in [6.07, 6.45) is 0. The summed E-state index contributed by atoms with van der Waals surface area (Å²) in [5.74, 6) is 0. The van der Waals surface area contributed by atoms with Crippen LogP contribution in [0.4, 0.5) is 0 Å². The van der Waals surface area contributed by atoms with E-state index < -0.39 is 11.7 Å². The average Bonchev–Trinajstić information content (AvgIpc) is 2.01. The molecule has 0 fully saturated rings. The quantitative estimate of drug-likeness (QED) is 0.502. The third-order valence-electron chi connectivity index (χ3n) is 1.48. The van der Waals surface area contributed by atoms with Crippen LogP contribution in [-0.4, -0.2) is 7.22 Å². The third-order valence-corrected chi connectivity index (χ3v) is 18.9. The van der Waals surface area contributed by atoms with Crippen molar-refractivity contribution in [2.45, 2.75) is 19.6 Å². The molecule has 1 aromatic rings. The molecular weight excluding hydrogens is 263 g/mol. The van der Waals surface area contributed by atoms with Crippen LogP contribution in [0.1, 0.15) is 0 Å². The lowest BCUT2D eigenvalue weighted by Gasteiger charge is -2.23. The molecule has 1 atom stereocenters. The molecule has 0 N–H and O–H groups in total. The molecular formula is C9H15PS3Si. The van der Waals surface area contributed by atoms with Crippen molar-refractivity contribution in [3.8, 4) is 0 Å². The normalized spacial score (nSPS) is 16.3. The first-order chi connectivity index (χ1) is 6.31. The molecule has 0 aliphatic carbocycles. The highest BCUT2D eigenvalue weighted by molar-refractivity contribution is 9.04. The molecule has 0 radical (unpaired) electrons. The highest BCUT2D eigenvalue weighted by Crippen LogP contribution is 2.65. The lowest BCUT2D eigenvalue weighted by atomic mass is 10.4. The minimum absolute atomic E-state index is 1.19. The lowest BCUT2D eigenvalue weighted by molar-refractivity contribution is 1.78. The maximum absolute atomic E-state index is 5.63. The van der Waals surface area contributed by atoms with Gasteiger partial charge in [-0.15, -0.1) is 23.1 Å². The predicted octanol–water partition coefficient (Wildman–Crippen LogP) is 4.12. The lowest BCUT2D eigenvalue weighted by Crippen LogP contribution is -2.14. The predicted molar refractivity (Wildman–Crippen MR) is 80.3 cm³/mol. The summed E-state index contributed by atoms with van der Waals surface area (Å²) >= 11 is 10.3. The Morgan fingerprint density at radius 1 is 1.21 bits per heavy atom. The van der Waals surface area contributed by atoms with Gasteiger partial charge >= 0.3 is 0 Å². The van der Waals surface area contributed by atoms with Crippen LogP contribution in [0.25, 0.3) is 0 Å². The molecule has 1 aromatic carbocycles. The van der Waals surface area contributed by atoms with Gasteiger partial charge in [-0.05, 0) is 0 Å². The fourth-order valence-corrected chi connectivity index (χ4v) is 26.4. The Hall–Kier alpha value is 0.787. The van der Waals surface area contributed by atoms with Gasteiger partial charge in [0.15, 0.2) is 0 Å². The highest BCUT2D eigenvalue weighted by atomic mass is 33.3. The first-order valence-corrected chi connectivity index (χ1v) is 14.0. The van der Waals surface area contributed by atoms with Crippen molar-refractivity contribution in [3.63, 3.8) is 0 Å². The van der Waals surface area contributed by atoms with E-state index in [1.807, 2.05) is 29.0 Å². The zero-order valence-electron chi connectivity index (χ0n) is 8.60. The summed E-state index contributed by atoms with van der Waals surface area (Å²) in [4.78, 5) is 0. The summed E-state index contributed by atoms with van der Waals surface area (Å²) in [7, 11) is 0.751. The van der Waals surface area contributed by atoms with Gasteiger partial charge in [0.25, 0.3) is 0 Å². The third kappa shape index (κ3) is 4.11. The maximum atomic E-state index is 5.63. The van der Waals surface area contributed by atoms with Gasteiger partial charge in [0, 0.05) is 5.30 Å². The number of rotatable bonds is 3. The Labute approximate surface area is 101 Å². The molecule has 0 amide bonds. The molecule has 78 valence electrons. The van der Waals surface area contributed by atoms with Gasteiger partial charge in [-0.2, -0.15) is 0 Å². The molecule has 14 heavy (non-hydrogen) atoms. The Morgan fingerprint density at radius 3 is 2.14 bits per heavy atom. The number of hydrogen-bond acceptors (Lipinski definition) is 2. The van der Waals surface area contributed by atoms with Crippen molar-refractivity contribution in [1.29, 1.82) is 0 Å². The van der Waals surface area contributed by atoms with E-state index in [0.29, 0.717) is 0 Å². The van der Waals surface area contributed by atoms with Gasteiger partial charge in [-0.3, -0.25) is 0 Å². The summed E-state index contributed by atoms with van der Waals surface area (Å²) in [6, 6.07) is 10.3. The second kappa shape index (κ2) is 4.75. The standard InChI is InChI=1S/C9H15PS3Si/c1-14(2,3)13-10(11,12)9-7-5-4-6-8-9/h4-8H,1-3H3,(H,11,12). The van der Waals surface area contributed by atoms with E-state index in [0.717, 1.165) is 0 Å². The largest absolute Gasteiger partial charge is 0.136 e. The molecule has 0 bridgehead atoms. The minimum Gasteiger partial charge on any atom is -0.136 e. The molecule has 0 aromatic heterocycles. The van der Waals surface area contributed by atoms with E-state index in [1.165, 1.54) is 5.30 Å². The van der Waals surface area contributed by atoms with Crippen LogP contribution < -0.4 is 5.30 Å². The van der Waals surface area contributed by atoms with Crippen molar-refractivity contribution in [2.75, 3.05) is 0 Å². The highest BCUT2D eigenvalue weighted by Gasteiger charge is 2.24. The van der Waals surface area contributed by atoms with Crippen molar-refractivity contribution < 1.29 is 0 Å².